The van der Waals surface area contributed by atoms with E-state index < -0.39 is 11.6 Å². The number of carbonyl (C=O) groups is 1. The number of aryl methyl sites for hydroxylation is 1. The van der Waals surface area contributed by atoms with Crippen molar-refractivity contribution in [1.82, 2.24) is 9.80 Å². The van der Waals surface area contributed by atoms with Gasteiger partial charge in [0.05, 0.1) is 13.1 Å². The van der Waals surface area contributed by atoms with Crippen LogP contribution in [0.2, 0.25) is 0 Å². The van der Waals surface area contributed by atoms with Crippen molar-refractivity contribution in [3.05, 3.63) is 94.9 Å². The summed E-state index contributed by atoms with van der Waals surface area (Å²) in [5.41, 5.74) is 1.09. The summed E-state index contributed by atoms with van der Waals surface area (Å²) < 4.78 is 39.8. The zero-order valence-electron chi connectivity index (χ0n) is 20.5. The molecule has 0 aliphatic carbocycles. The number of amides is 1. The Morgan fingerprint density at radius 1 is 0.943 bits per heavy atom. The van der Waals surface area contributed by atoms with Crippen LogP contribution in [0.15, 0.2) is 65.1 Å². The standard InChI is InChI=1S/C28H34F2N2O3/c1-3-34-18-8-16-31(20-25-26(29)11-7-12-27(25)30)21-28(33)32(19-24-14-13-22(2)35-24)17-15-23-9-5-4-6-10-23/h4-7,9-14H,3,8,15-21H2,1-2H3. The van der Waals surface area contributed by atoms with Gasteiger partial charge in [-0.05, 0) is 56.5 Å². The van der Waals surface area contributed by atoms with Crippen LogP contribution in [0.3, 0.4) is 0 Å². The van der Waals surface area contributed by atoms with E-state index >= 15 is 0 Å². The van der Waals surface area contributed by atoms with Crippen molar-refractivity contribution >= 4 is 5.91 Å². The Bertz CT molecular complexity index is 1040. The third-order valence-corrected chi connectivity index (χ3v) is 5.78. The fraction of sp³-hybridized carbons (Fsp3) is 0.393. The van der Waals surface area contributed by atoms with Crippen molar-refractivity contribution in [1.29, 1.82) is 0 Å². The van der Waals surface area contributed by atoms with E-state index in [9.17, 15) is 13.6 Å². The van der Waals surface area contributed by atoms with Crippen LogP contribution in [0.5, 0.6) is 0 Å². The monoisotopic (exact) mass is 484 g/mol. The van der Waals surface area contributed by atoms with E-state index in [1.165, 1.54) is 18.2 Å². The zero-order chi connectivity index (χ0) is 25.0. The Labute approximate surface area is 206 Å². The third-order valence-electron chi connectivity index (χ3n) is 5.78. The smallest absolute Gasteiger partial charge is 0.237 e. The maximum Gasteiger partial charge on any atom is 0.237 e. The zero-order valence-corrected chi connectivity index (χ0v) is 20.5. The molecule has 2 aromatic carbocycles. The van der Waals surface area contributed by atoms with Gasteiger partial charge in [-0.25, -0.2) is 8.78 Å². The lowest BCUT2D eigenvalue weighted by molar-refractivity contribution is -0.133. The molecule has 0 aliphatic heterocycles. The largest absolute Gasteiger partial charge is 0.464 e. The number of carbonyl (C=O) groups excluding carboxylic acids is 1. The highest BCUT2D eigenvalue weighted by Crippen LogP contribution is 2.16. The van der Waals surface area contributed by atoms with E-state index in [4.69, 9.17) is 9.15 Å². The normalized spacial score (nSPS) is 11.2. The van der Waals surface area contributed by atoms with Crippen LogP contribution in [0.25, 0.3) is 0 Å². The quantitative estimate of drug-likeness (QED) is 0.289. The Morgan fingerprint density at radius 2 is 1.69 bits per heavy atom. The minimum Gasteiger partial charge on any atom is -0.464 e. The first-order chi connectivity index (χ1) is 17.0. The highest BCUT2D eigenvalue weighted by Gasteiger charge is 2.21. The average molecular weight is 485 g/mol. The van der Waals surface area contributed by atoms with Gasteiger partial charge in [-0.3, -0.25) is 9.69 Å². The van der Waals surface area contributed by atoms with Crippen molar-refractivity contribution in [2.75, 3.05) is 32.8 Å². The topological polar surface area (TPSA) is 45.9 Å². The van der Waals surface area contributed by atoms with Crippen LogP contribution in [0.4, 0.5) is 8.78 Å². The van der Waals surface area contributed by atoms with Gasteiger partial charge in [-0.1, -0.05) is 36.4 Å². The molecule has 0 spiro atoms. The van der Waals surface area contributed by atoms with Crippen molar-refractivity contribution in [3.63, 3.8) is 0 Å². The number of hydrogen-bond donors (Lipinski definition) is 0. The second-order valence-corrected chi connectivity index (χ2v) is 8.52. The molecule has 1 amide bonds. The lowest BCUT2D eigenvalue weighted by Crippen LogP contribution is -2.41. The number of furan rings is 1. The maximum absolute atomic E-state index is 14.3. The van der Waals surface area contributed by atoms with Gasteiger partial charge in [0.2, 0.25) is 5.91 Å². The Kier molecular flexibility index (Phi) is 10.4. The lowest BCUT2D eigenvalue weighted by atomic mass is 10.1. The molecule has 1 heterocycles. The number of benzene rings is 2. The molecule has 0 saturated carbocycles. The summed E-state index contributed by atoms with van der Waals surface area (Å²) >= 11 is 0. The van der Waals surface area contributed by atoms with Gasteiger partial charge in [-0.2, -0.15) is 0 Å². The second kappa shape index (κ2) is 13.8. The molecule has 0 unspecified atom stereocenters. The SMILES string of the molecule is CCOCCCN(CC(=O)N(CCc1ccccc1)Cc1ccc(C)o1)Cc1c(F)cccc1F. The number of hydrogen-bond acceptors (Lipinski definition) is 4. The molecule has 0 bridgehead atoms. The molecule has 1 aromatic heterocycles. The summed E-state index contributed by atoms with van der Waals surface area (Å²) in [4.78, 5) is 17.0. The first kappa shape index (κ1) is 26.6. The maximum atomic E-state index is 14.3. The molecule has 3 aromatic rings. The summed E-state index contributed by atoms with van der Waals surface area (Å²) in [5.74, 6) is 0.136. The molecule has 0 saturated heterocycles. The first-order valence-corrected chi connectivity index (χ1v) is 12.1. The summed E-state index contributed by atoms with van der Waals surface area (Å²) in [7, 11) is 0. The van der Waals surface area contributed by atoms with Gasteiger partial charge >= 0.3 is 0 Å². The molecular weight excluding hydrogens is 450 g/mol. The van der Waals surface area contributed by atoms with E-state index in [2.05, 4.69) is 0 Å². The average Bonchev–Trinajstić information content (AvgIpc) is 3.26. The van der Waals surface area contributed by atoms with Gasteiger partial charge in [-0.15, -0.1) is 0 Å². The Hall–Kier alpha value is -3.03. The van der Waals surface area contributed by atoms with Crippen LogP contribution in [-0.2, 0) is 29.0 Å². The van der Waals surface area contributed by atoms with E-state index in [0.29, 0.717) is 51.4 Å². The van der Waals surface area contributed by atoms with Crippen LogP contribution in [0, 0.1) is 18.6 Å². The summed E-state index contributed by atoms with van der Waals surface area (Å²) in [6, 6.07) is 17.5. The number of halogens is 2. The van der Waals surface area contributed by atoms with Crippen LogP contribution in [0.1, 0.15) is 36.0 Å². The minimum atomic E-state index is -0.612. The molecule has 0 radical (unpaired) electrons. The van der Waals surface area contributed by atoms with Crippen LogP contribution >= 0.6 is 0 Å². The van der Waals surface area contributed by atoms with E-state index in [1.807, 2.05) is 56.3 Å². The van der Waals surface area contributed by atoms with Crippen LogP contribution < -0.4 is 0 Å². The fourth-order valence-electron chi connectivity index (χ4n) is 3.91. The van der Waals surface area contributed by atoms with Crippen molar-refractivity contribution < 1.29 is 22.7 Å². The van der Waals surface area contributed by atoms with Gasteiger partial charge in [0.25, 0.3) is 0 Å². The van der Waals surface area contributed by atoms with Crippen molar-refractivity contribution in [3.8, 4) is 0 Å². The minimum absolute atomic E-state index is 0.00274. The van der Waals surface area contributed by atoms with Gasteiger partial charge in [0.15, 0.2) is 0 Å². The fourth-order valence-corrected chi connectivity index (χ4v) is 3.91. The van der Waals surface area contributed by atoms with E-state index in [1.54, 1.807) is 9.80 Å². The highest BCUT2D eigenvalue weighted by molar-refractivity contribution is 5.78. The molecule has 5 nitrogen and oxygen atoms in total. The molecule has 7 heteroatoms. The first-order valence-electron chi connectivity index (χ1n) is 12.1. The molecule has 188 valence electrons. The molecule has 0 fully saturated rings. The summed E-state index contributed by atoms with van der Waals surface area (Å²) in [6.07, 6.45) is 1.34. The van der Waals surface area contributed by atoms with Crippen LogP contribution in [-0.4, -0.2) is 48.6 Å². The van der Waals surface area contributed by atoms with Gasteiger partial charge < -0.3 is 14.1 Å². The van der Waals surface area contributed by atoms with Gasteiger partial charge in [0.1, 0.15) is 23.2 Å². The molecule has 0 atom stereocenters. The highest BCUT2D eigenvalue weighted by atomic mass is 19.1. The molecule has 35 heavy (non-hydrogen) atoms. The summed E-state index contributed by atoms with van der Waals surface area (Å²) in [6.45, 7) is 6.24. The van der Waals surface area contributed by atoms with Crippen molar-refractivity contribution in [2.45, 2.75) is 39.8 Å². The van der Waals surface area contributed by atoms with E-state index in [0.717, 1.165) is 11.3 Å². The predicted octanol–water partition coefficient (Wildman–Crippen LogP) is 5.37. The predicted molar refractivity (Wildman–Crippen MR) is 132 cm³/mol. The third kappa shape index (κ3) is 8.60. The van der Waals surface area contributed by atoms with E-state index in [-0.39, 0.29) is 24.6 Å². The van der Waals surface area contributed by atoms with Gasteiger partial charge in [0, 0.05) is 38.4 Å². The Balaban J connectivity index is 1.74. The molecular formula is C28H34F2N2O3. The number of ether oxygens (including phenoxy) is 1. The molecule has 0 aliphatic rings. The number of rotatable bonds is 14. The molecule has 0 N–H and O–H groups in total. The molecule has 3 rings (SSSR count). The summed E-state index contributed by atoms with van der Waals surface area (Å²) in [5, 5.41) is 0. The number of nitrogens with zero attached hydrogens (tertiary/aromatic N) is 2. The second-order valence-electron chi connectivity index (χ2n) is 8.52. The van der Waals surface area contributed by atoms with Crippen molar-refractivity contribution in [2.24, 2.45) is 0 Å². The Morgan fingerprint density at radius 3 is 2.34 bits per heavy atom. The lowest BCUT2D eigenvalue weighted by Gasteiger charge is -2.27.